The molecule has 104 valence electrons. The summed E-state index contributed by atoms with van der Waals surface area (Å²) in [5, 5.41) is 27.9. The van der Waals surface area contributed by atoms with E-state index in [1.807, 2.05) is 0 Å². The molecule has 0 heterocycles. The summed E-state index contributed by atoms with van der Waals surface area (Å²) in [6.07, 6.45) is -3.28. The van der Waals surface area contributed by atoms with E-state index in [-0.39, 0.29) is 22.6 Å². The van der Waals surface area contributed by atoms with E-state index in [1.165, 1.54) is 26.4 Å². The highest BCUT2D eigenvalue weighted by atomic mass is 16.5. The summed E-state index contributed by atoms with van der Waals surface area (Å²) in [7, 11) is 2.62. The van der Waals surface area contributed by atoms with E-state index in [2.05, 4.69) is 0 Å². The fraction of sp³-hybridized carbons (Fsp3) is 0.333. The molecule has 0 aliphatic heterocycles. The van der Waals surface area contributed by atoms with Gasteiger partial charge < -0.3 is 24.8 Å². The lowest BCUT2D eigenvalue weighted by molar-refractivity contribution is -0.153. The van der Waals surface area contributed by atoms with Crippen LogP contribution < -0.4 is 9.47 Å². The third-order valence-corrected chi connectivity index (χ3v) is 2.54. The number of aliphatic hydroxyl groups excluding tert-OH is 2. The fourth-order valence-electron chi connectivity index (χ4n) is 1.61. The highest BCUT2D eigenvalue weighted by Gasteiger charge is 2.29. The molecule has 0 spiro atoms. The van der Waals surface area contributed by atoms with Crippen molar-refractivity contribution in [2.24, 2.45) is 0 Å². The minimum absolute atomic E-state index is 0.0427. The smallest absolute Gasteiger partial charge is 0.335 e. The average molecular weight is 270 g/mol. The lowest BCUT2D eigenvalue weighted by atomic mass is 10.00. The van der Waals surface area contributed by atoms with Gasteiger partial charge in [-0.25, -0.2) is 4.79 Å². The second kappa shape index (κ2) is 6.17. The number of carbonyl (C=O) groups excluding carboxylic acids is 1. The zero-order valence-corrected chi connectivity index (χ0v) is 10.4. The SMILES string of the molecule is COc1cc(C=O)cc(C(O)C(O)C(=O)O)c1OC. The summed E-state index contributed by atoms with van der Waals surface area (Å²) in [6, 6.07) is 2.60. The number of methoxy groups -OCH3 is 2. The lowest BCUT2D eigenvalue weighted by Crippen LogP contribution is -2.28. The summed E-state index contributed by atoms with van der Waals surface area (Å²) in [6.45, 7) is 0. The van der Waals surface area contributed by atoms with Crippen molar-refractivity contribution >= 4 is 12.3 Å². The first-order valence-corrected chi connectivity index (χ1v) is 5.26. The monoisotopic (exact) mass is 270 g/mol. The van der Waals surface area contributed by atoms with Crippen molar-refractivity contribution in [1.82, 2.24) is 0 Å². The molecule has 0 aliphatic carbocycles. The molecule has 0 aliphatic rings. The maximum Gasteiger partial charge on any atom is 0.335 e. The largest absolute Gasteiger partial charge is 0.493 e. The molecule has 7 heteroatoms. The molecule has 2 unspecified atom stereocenters. The Kier molecular flexibility index (Phi) is 4.85. The Morgan fingerprint density at radius 3 is 2.32 bits per heavy atom. The van der Waals surface area contributed by atoms with Crippen LogP contribution in [-0.4, -0.2) is 47.9 Å². The molecule has 0 amide bonds. The van der Waals surface area contributed by atoms with E-state index in [0.29, 0.717) is 6.29 Å². The Morgan fingerprint density at radius 2 is 1.89 bits per heavy atom. The molecule has 3 N–H and O–H groups in total. The quantitative estimate of drug-likeness (QED) is 0.623. The van der Waals surface area contributed by atoms with Gasteiger partial charge in [0.25, 0.3) is 0 Å². The Bertz CT molecular complexity index is 483. The first-order chi connectivity index (χ1) is 8.96. The van der Waals surface area contributed by atoms with Crippen LogP contribution in [0.25, 0.3) is 0 Å². The van der Waals surface area contributed by atoms with Gasteiger partial charge >= 0.3 is 5.97 Å². The zero-order chi connectivity index (χ0) is 14.6. The highest BCUT2D eigenvalue weighted by Crippen LogP contribution is 2.37. The number of rotatable bonds is 6. The van der Waals surface area contributed by atoms with Crippen molar-refractivity contribution < 1.29 is 34.4 Å². The van der Waals surface area contributed by atoms with Crippen LogP contribution >= 0.6 is 0 Å². The van der Waals surface area contributed by atoms with E-state index < -0.39 is 18.2 Å². The Labute approximate surface area is 109 Å². The van der Waals surface area contributed by atoms with Gasteiger partial charge in [-0.05, 0) is 12.1 Å². The maximum absolute atomic E-state index is 10.8. The van der Waals surface area contributed by atoms with Crippen LogP contribution in [0.5, 0.6) is 11.5 Å². The van der Waals surface area contributed by atoms with Gasteiger partial charge in [0.1, 0.15) is 12.4 Å². The standard InChI is InChI=1S/C12H14O7/c1-18-8-4-6(5-13)3-7(11(8)19-2)9(14)10(15)12(16)17/h3-5,9-10,14-15H,1-2H3,(H,16,17). The van der Waals surface area contributed by atoms with E-state index in [9.17, 15) is 19.8 Å². The van der Waals surface area contributed by atoms with Crippen LogP contribution in [0.3, 0.4) is 0 Å². The van der Waals surface area contributed by atoms with Crippen molar-refractivity contribution in [3.05, 3.63) is 23.3 Å². The molecule has 1 rings (SSSR count). The van der Waals surface area contributed by atoms with Gasteiger partial charge in [-0.2, -0.15) is 0 Å². The van der Waals surface area contributed by atoms with Gasteiger partial charge in [0.15, 0.2) is 17.6 Å². The summed E-state index contributed by atoms with van der Waals surface area (Å²) in [4.78, 5) is 21.5. The second-order valence-corrected chi connectivity index (χ2v) is 3.69. The number of aldehydes is 1. The fourth-order valence-corrected chi connectivity index (χ4v) is 1.61. The van der Waals surface area contributed by atoms with Crippen LogP contribution in [0.2, 0.25) is 0 Å². The molecule has 19 heavy (non-hydrogen) atoms. The van der Waals surface area contributed by atoms with E-state index in [1.54, 1.807) is 0 Å². The average Bonchev–Trinajstić information content (AvgIpc) is 2.43. The summed E-state index contributed by atoms with van der Waals surface area (Å²) >= 11 is 0. The number of hydrogen-bond acceptors (Lipinski definition) is 6. The van der Waals surface area contributed by atoms with E-state index in [4.69, 9.17) is 14.6 Å². The van der Waals surface area contributed by atoms with Crippen LogP contribution in [0, 0.1) is 0 Å². The van der Waals surface area contributed by atoms with E-state index in [0.717, 1.165) is 0 Å². The molecular weight excluding hydrogens is 256 g/mol. The molecule has 7 nitrogen and oxygen atoms in total. The zero-order valence-electron chi connectivity index (χ0n) is 10.4. The summed E-state index contributed by atoms with van der Waals surface area (Å²) < 4.78 is 10.00. The van der Waals surface area contributed by atoms with Gasteiger partial charge in [0.05, 0.1) is 14.2 Å². The number of aliphatic hydroxyl groups is 2. The van der Waals surface area contributed by atoms with Crippen molar-refractivity contribution in [3.63, 3.8) is 0 Å². The first-order valence-electron chi connectivity index (χ1n) is 5.26. The Balaban J connectivity index is 3.38. The van der Waals surface area contributed by atoms with Crippen molar-refractivity contribution in [2.45, 2.75) is 12.2 Å². The predicted molar refractivity (Wildman–Crippen MR) is 63.5 cm³/mol. The third-order valence-electron chi connectivity index (χ3n) is 2.54. The molecule has 2 atom stereocenters. The molecule has 0 aromatic heterocycles. The lowest BCUT2D eigenvalue weighted by Gasteiger charge is -2.19. The molecule has 0 fully saturated rings. The molecule has 0 bridgehead atoms. The van der Waals surface area contributed by atoms with E-state index >= 15 is 0 Å². The number of carboxylic acids is 1. The molecule has 0 saturated carbocycles. The van der Waals surface area contributed by atoms with Crippen LogP contribution in [0.15, 0.2) is 12.1 Å². The Hall–Kier alpha value is -2.12. The highest BCUT2D eigenvalue weighted by molar-refractivity contribution is 5.78. The van der Waals surface area contributed by atoms with Gasteiger partial charge in [0, 0.05) is 11.1 Å². The maximum atomic E-state index is 10.8. The molecule has 0 saturated heterocycles. The van der Waals surface area contributed by atoms with Crippen molar-refractivity contribution in [3.8, 4) is 11.5 Å². The number of carboxylic acid groups (broad SMARTS) is 1. The molecule has 1 aromatic carbocycles. The van der Waals surface area contributed by atoms with Gasteiger partial charge in [-0.15, -0.1) is 0 Å². The molecule has 1 aromatic rings. The summed E-state index contributed by atoms with van der Waals surface area (Å²) in [5.74, 6) is -1.38. The van der Waals surface area contributed by atoms with Crippen LogP contribution in [0.1, 0.15) is 22.0 Å². The van der Waals surface area contributed by atoms with Gasteiger partial charge in [-0.3, -0.25) is 4.79 Å². The van der Waals surface area contributed by atoms with Crippen LogP contribution in [-0.2, 0) is 4.79 Å². The minimum Gasteiger partial charge on any atom is -0.493 e. The topological polar surface area (TPSA) is 113 Å². The Morgan fingerprint density at radius 1 is 1.26 bits per heavy atom. The second-order valence-electron chi connectivity index (χ2n) is 3.69. The number of carbonyl (C=O) groups is 2. The number of hydrogen-bond donors (Lipinski definition) is 3. The van der Waals surface area contributed by atoms with Gasteiger partial charge in [0.2, 0.25) is 0 Å². The van der Waals surface area contributed by atoms with Crippen LogP contribution in [0.4, 0.5) is 0 Å². The van der Waals surface area contributed by atoms with Crippen molar-refractivity contribution in [1.29, 1.82) is 0 Å². The minimum atomic E-state index is -2.04. The number of ether oxygens (including phenoxy) is 2. The van der Waals surface area contributed by atoms with Crippen molar-refractivity contribution in [2.75, 3.05) is 14.2 Å². The van der Waals surface area contributed by atoms with Gasteiger partial charge in [-0.1, -0.05) is 0 Å². The number of benzene rings is 1. The molecular formula is C12H14O7. The first kappa shape index (κ1) is 14.9. The summed E-state index contributed by atoms with van der Waals surface area (Å²) in [5.41, 5.74) is 0.114. The number of aliphatic carboxylic acids is 1. The third kappa shape index (κ3) is 3.01. The predicted octanol–water partition coefficient (Wildman–Crippen LogP) is -0.00480. The molecule has 0 radical (unpaired) electrons. The normalized spacial score (nSPS) is 13.5.